The van der Waals surface area contributed by atoms with E-state index in [1.54, 1.807) is 0 Å². The second-order valence-corrected chi connectivity index (χ2v) is 5.14. The Morgan fingerprint density at radius 2 is 1.60 bits per heavy atom. The molecular formula is C15H22N2O3. The summed E-state index contributed by atoms with van der Waals surface area (Å²) in [6.07, 6.45) is -0.671. The van der Waals surface area contributed by atoms with E-state index in [0.717, 1.165) is 5.56 Å². The Hall–Kier alpha value is -1.88. The summed E-state index contributed by atoms with van der Waals surface area (Å²) in [7, 11) is 0. The van der Waals surface area contributed by atoms with Crippen molar-refractivity contribution in [3.8, 4) is 0 Å². The highest BCUT2D eigenvalue weighted by Gasteiger charge is 2.13. The number of rotatable bonds is 5. The van der Waals surface area contributed by atoms with Gasteiger partial charge in [0.2, 0.25) is 0 Å². The van der Waals surface area contributed by atoms with Gasteiger partial charge in [0, 0.05) is 13.1 Å². The van der Waals surface area contributed by atoms with Crippen LogP contribution in [0.4, 0.5) is 0 Å². The summed E-state index contributed by atoms with van der Waals surface area (Å²) in [6, 6.07) is 7.89. The fourth-order valence-electron chi connectivity index (χ4n) is 1.60. The van der Waals surface area contributed by atoms with Crippen LogP contribution in [0.15, 0.2) is 24.3 Å². The van der Waals surface area contributed by atoms with E-state index in [-0.39, 0.29) is 6.54 Å². The predicted molar refractivity (Wildman–Crippen MR) is 77.1 cm³/mol. The minimum absolute atomic E-state index is 0.0648. The van der Waals surface area contributed by atoms with Crippen LogP contribution in [0.2, 0.25) is 0 Å². The number of benzene rings is 1. The highest BCUT2D eigenvalue weighted by Crippen LogP contribution is 2.14. The SMILES string of the molecule is CC(C)c1ccc(CNC(=O)C(=O)NC[C@H](C)O)cc1. The molecule has 1 aromatic rings. The Morgan fingerprint density at radius 3 is 2.10 bits per heavy atom. The minimum Gasteiger partial charge on any atom is -0.392 e. The molecule has 0 saturated carbocycles. The molecule has 0 aromatic heterocycles. The Balaban J connectivity index is 2.42. The molecule has 110 valence electrons. The predicted octanol–water partition coefficient (Wildman–Crippen LogP) is 0.923. The van der Waals surface area contributed by atoms with Gasteiger partial charge < -0.3 is 15.7 Å². The third-order valence-electron chi connectivity index (χ3n) is 2.86. The molecule has 0 spiro atoms. The molecule has 0 saturated heterocycles. The Kier molecular flexibility index (Phi) is 6.18. The quantitative estimate of drug-likeness (QED) is 0.701. The Morgan fingerprint density at radius 1 is 1.05 bits per heavy atom. The number of nitrogens with one attached hydrogen (secondary N) is 2. The molecule has 1 rings (SSSR count). The van der Waals surface area contributed by atoms with Gasteiger partial charge in [0.1, 0.15) is 0 Å². The maximum atomic E-state index is 11.5. The van der Waals surface area contributed by atoms with Gasteiger partial charge in [0.25, 0.3) is 0 Å². The average Bonchev–Trinajstić information content (AvgIpc) is 2.42. The van der Waals surface area contributed by atoms with E-state index in [4.69, 9.17) is 5.11 Å². The van der Waals surface area contributed by atoms with E-state index in [2.05, 4.69) is 24.5 Å². The highest BCUT2D eigenvalue weighted by molar-refractivity contribution is 6.35. The molecule has 2 amide bonds. The van der Waals surface area contributed by atoms with E-state index in [1.165, 1.54) is 12.5 Å². The van der Waals surface area contributed by atoms with Crippen LogP contribution in [0.5, 0.6) is 0 Å². The third kappa shape index (κ3) is 5.40. The lowest BCUT2D eigenvalue weighted by molar-refractivity contribution is -0.139. The topological polar surface area (TPSA) is 78.4 Å². The lowest BCUT2D eigenvalue weighted by Gasteiger charge is -2.09. The Labute approximate surface area is 119 Å². The molecule has 0 aliphatic carbocycles. The molecular weight excluding hydrogens is 256 g/mol. The van der Waals surface area contributed by atoms with Crippen LogP contribution >= 0.6 is 0 Å². The molecule has 0 bridgehead atoms. The van der Waals surface area contributed by atoms with Crippen molar-refractivity contribution < 1.29 is 14.7 Å². The van der Waals surface area contributed by atoms with Gasteiger partial charge in [-0.05, 0) is 24.0 Å². The number of hydrogen-bond donors (Lipinski definition) is 3. The number of aliphatic hydroxyl groups excluding tert-OH is 1. The van der Waals surface area contributed by atoms with Gasteiger partial charge in [-0.2, -0.15) is 0 Å². The molecule has 1 aromatic carbocycles. The maximum absolute atomic E-state index is 11.5. The lowest BCUT2D eigenvalue weighted by atomic mass is 10.0. The van der Waals surface area contributed by atoms with Gasteiger partial charge in [0.05, 0.1) is 6.10 Å². The first-order valence-corrected chi connectivity index (χ1v) is 6.73. The second kappa shape index (κ2) is 7.65. The van der Waals surface area contributed by atoms with E-state index in [0.29, 0.717) is 12.5 Å². The van der Waals surface area contributed by atoms with Crippen LogP contribution in [0.1, 0.15) is 37.8 Å². The fourth-order valence-corrected chi connectivity index (χ4v) is 1.60. The van der Waals surface area contributed by atoms with E-state index < -0.39 is 17.9 Å². The van der Waals surface area contributed by atoms with E-state index in [1.807, 2.05) is 24.3 Å². The smallest absolute Gasteiger partial charge is 0.309 e. The first kappa shape index (κ1) is 16.2. The molecule has 3 N–H and O–H groups in total. The van der Waals surface area contributed by atoms with Gasteiger partial charge in [-0.15, -0.1) is 0 Å². The first-order valence-electron chi connectivity index (χ1n) is 6.73. The summed E-state index contributed by atoms with van der Waals surface area (Å²) >= 11 is 0. The molecule has 0 fully saturated rings. The summed E-state index contributed by atoms with van der Waals surface area (Å²) in [6.45, 7) is 6.13. The van der Waals surface area contributed by atoms with Gasteiger partial charge in [0.15, 0.2) is 0 Å². The third-order valence-corrected chi connectivity index (χ3v) is 2.86. The summed E-state index contributed by atoms with van der Waals surface area (Å²) in [5.74, 6) is -0.965. The van der Waals surface area contributed by atoms with Crippen molar-refractivity contribution in [2.24, 2.45) is 0 Å². The molecule has 20 heavy (non-hydrogen) atoms. The molecule has 0 radical (unpaired) electrons. The monoisotopic (exact) mass is 278 g/mol. The van der Waals surface area contributed by atoms with E-state index in [9.17, 15) is 9.59 Å². The molecule has 0 aliphatic heterocycles. The lowest BCUT2D eigenvalue weighted by Crippen LogP contribution is -2.42. The van der Waals surface area contributed by atoms with Crippen molar-refractivity contribution in [1.82, 2.24) is 10.6 Å². The number of hydrogen-bond acceptors (Lipinski definition) is 3. The number of carbonyl (C=O) groups is 2. The molecule has 0 heterocycles. The zero-order valence-corrected chi connectivity index (χ0v) is 12.1. The summed E-state index contributed by atoms with van der Waals surface area (Å²) in [5.41, 5.74) is 2.17. The maximum Gasteiger partial charge on any atom is 0.309 e. The number of carbonyl (C=O) groups excluding carboxylic acids is 2. The standard InChI is InChI=1S/C15H22N2O3/c1-10(2)13-6-4-12(5-7-13)9-17-15(20)14(19)16-8-11(3)18/h4-7,10-11,18H,8-9H2,1-3H3,(H,16,19)(H,17,20)/t11-/m0/s1. The molecule has 0 aliphatic rings. The minimum atomic E-state index is -0.732. The van der Waals surface area contributed by atoms with Crippen LogP contribution in [-0.4, -0.2) is 29.6 Å². The largest absolute Gasteiger partial charge is 0.392 e. The van der Waals surface area contributed by atoms with Crippen LogP contribution in [-0.2, 0) is 16.1 Å². The van der Waals surface area contributed by atoms with Crippen molar-refractivity contribution in [2.45, 2.75) is 39.3 Å². The van der Waals surface area contributed by atoms with Gasteiger partial charge >= 0.3 is 11.8 Å². The fraction of sp³-hybridized carbons (Fsp3) is 0.467. The van der Waals surface area contributed by atoms with Crippen molar-refractivity contribution in [3.05, 3.63) is 35.4 Å². The molecule has 5 heteroatoms. The summed E-state index contributed by atoms with van der Waals surface area (Å²) in [5, 5.41) is 13.9. The normalized spacial score (nSPS) is 12.1. The van der Waals surface area contributed by atoms with Gasteiger partial charge in [-0.1, -0.05) is 38.1 Å². The van der Waals surface area contributed by atoms with Crippen LogP contribution in [0, 0.1) is 0 Å². The van der Waals surface area contributed by atoms with Gasteiger partial charge in [-0.3, -0.25) is 9.59 Å². The van der Waals surface area contributed by atoms with Crippen molar-refractivity contribution in [2.75, 3.05) is 6.54 Å². The van der Waals surface area contributed by atoms with Crippen LogP contribution < -0.4 is 10.6 Å². The first-order chi connectivity index (χ1) is 9.40. The second-order valence-electron chi connectivity index (χ2n) is 5.14. The van der Waals surface area contributed by atoms with Crippen LogP contribution in [0.25, 0.3) is 0 Å². The van der Waals surface area contributed by atoms with Crippen molar-refractivity contribution in [1.29, 1.82) is 0 Å². The average molecular weight is 278 g/mol. The molecule has 0 unspecified atom stereocenters. The Bertz CT molecular complexity index is 453. The zero-order chi connectivity index (χ0) is 15.1. The molecule has 1 atom stereocenters. The summed E-state index contributed by atoms with van der Waals surface area (Å²) in [4.78, 5) is 22.9. The van der Waals surface area contributed by atoms with Crippen molar-refractivity contribution in [3.63, 3.8) is 0 Å². The van der Waals surface area contributed by atoms with Crippen molar-refractivity contribution >= 4 is 11.8 Å². The zero-order valence-electron chi connectivity index (χ0n) is 12.1. The molecule has 5 nitrogen and oxygen atoms in total. The highest BCUT2D eigenvalue weighted by atomic mass is 16.3. The van der Waals surface area contributed by atoms with E-state index >= 15 is 0 Å². The number of aliphatic hydroxyl groups is 1. The number of amides is 2. The van der Waals surface area contributed by atoms with Crippen LogP contribution in [0.3, 0.4) is 0 Å². The van der Waals surface area contributed by atoms with Gasteiger partial charge in [-0.25, -0.2) is 0 Å². The summed E-state index contributed by atoms with van der Waals surface area (Å²) < 4.78 is 0.